The molecule has 0 bridgehead atoms. The van der Waals surface area contributed by atoms with Crippen LogP contribution in [0.5, 0.6) is 0 Å². The van der Waals surface area contributed by atoms with Crippen LogP contribution in [0.15, 0.2) is 24.3 Å². The van der Waals surface area contributed by atoms with Crippen LogP contribution in [0.3, 0.4) is 0 Å². The topological polar surface area (TPSA) is 84.8 Å². The highest BCUT2D eigenvalue weighted by molar-refractivity contribution is 5.38. The maximum atomic E-state index is 5.25. The number of likely N-dealkylation sites (N-methyl/N-ethyl adjacent to an activating group) is 1. The van der Waals surface area contributed by atoms with Crippen LogP contribution in [-0.2, 0) is 24.1 Å². The van der Waals surface area contributed by atoms with E-state index in [-0.39, 0.29) is 0 Å². The summed E-state index contributed by atoms with van der Waals surface area (Å²) in [6.45, 7) is 4.34. The van der Waals surface area contributed by atoms with Crippen molar-refractivity contribution in [1.29, 1.82) is 0 Å². The van der Waals surface area contributed by atoms with Gasteiger partial charge in [-0.3, -0.25) is 9.67 Å². The second kappa shape index (κ2) is 8.73. The number of anilines is 1. The fourth-order valence-corrected chi connectivity index (χ4v) is 4.19. The quantitative estimate of drug-likeness (QED) is 0.561. The molecule has 2 heterocycles. The van der Waals surface area contributed by atoms with Gasteiger partial charge in [-0.1, -0.05) is 24.3 Å². The molecule has 0 amide bonds. The lowest BCUT2D eigenvalue weighted by Gasteiger charge is -2.23. The molecule has 8 nitrogen and oxygen atoms in total. The first-order valence-corrected chi connectivity index (χ1v) is 10.2. The molecular formula is C21H29N7O. The Bertz CT molecular complexity index is 948. The number of nitrogens with zero attached hydrogens (tertiary/aromatic N) is 6. The minimum Gasteiger partial charge on any atom is -0.385 e. The van der Waals surface area contributed by atoms with E-state index in [4.69, 9.17) is 4.74 Å². The molecule has 4 rings (SSSR count). The summed E-state index contributed by atoms with van der Waals surface area (Å²) >= 11 is 0. The zero-order chi connectivity index (χ0) is 20.2. The minimum atomic E-state index is 0.527. The van der Waals surface area contributed by atoms with Crippen LogP contribution in [0, 0.1) is 6.92 Å². The van der Waals surface area contributed by atoms with E-state index in [1.165, 1.54) is 17.5 Å². The Morgan fingerprint density at radius 2 is 2.14 bits per heavy atom. The van der Waals surface area contributed by atoms with E-state index in [1.54, 1.807) is 7.11 Å². The van der Waals surface area contributed by atoms with Gasteiger partial charge < -0.3 is 9.64 Å². The zero-order valence-electron chi connectivity index (χ0n) is 17.4. The first kappa shape index (κ1) is 19.6. The Labute approximate surface area is 171 Å². The van der Waals surface area contributed by atoms with Crippen molar-refractivity contribution in [3.05, 3.63) is 52.9 Å². The van der Waals surface area contributed by atoms with Gasteiger partial charge >= 0.3 is 0 Å². The summed E-state index contributed by atoms with van der Waals surface area (Å²) in [6.07, 6.45) is 3.81. The number of H-pyrrole nitrogens is 1. The standard InChI is InChI=1S/C21H29N7O/c1-15-22-19(24-23-15)13-20-25-26-21(28(20)11-6-12-29-3)27(2)14-17-10-9-16-7-4-5-8-18(16)17/h4-5,7-8,17H,6,9-14H2,1-3H3,(H,22,23,24). The van der Waals surface area contributed by atoms with Crippen LogP contribution < -0.4 is 4.90 Å². The lowest BCUT2D eigenvalue weighted by atomic mass is 10.0. The second-order valence-electron chi connectivity index (χ2n) is 7.74. The van der Waals surface area contributed by atoms with Crippen LogP contribution in [-0.4, -0.2) is 57.3 Å². The van der Waals surface area contributed by atoms with Crippen molar-refractivity contribution < 1.29 is 4.74 Å². The maximum absolute atomic E-state index is 5.25. The number of fused-ring (bicyclic) bond motifs is 1. The molecule has 1 atom stereocenters. The number of methoxy groups -OCH3 is 1. The number of aromatic amines is 1. The van der Waals surface area contributed by atoms with Crippen LogP contribution in [0.1, 0.15) is 47.4 Å². The number of aromatic nitrogens is 6. The molecule has 0 saturated heterocycles. The number of benzene rings is 1. The number of hydrogen-bond acceptors (Lipinski definition) is 6. The summed E-state index contributed by atoms with van der Waals surface area (Å²) in [5.41, 5.74) is 2.95. The molecule has 1 aromatic carbocycles. The van der Waals surface area contributed by atoms with Crippen molar-refractivity contribution in [2.45, 2.75) is 45.1 Å². The van der Waals surface area contributed by atoms with Gasteiger partial charge in [0.2, 0.25) is 5.95 Å². The Hall–Kier alpha value is -2.74. The Balaban J connectivity index is 1.53. The van der Waals surface area contributed by atoms with E-state index in [0.717, 1.165) is 49.4 Å². The molecule has 1 aliphatic rings. The molecule has 3 aromatic rings. The lowest BCUT2D eigenvalue weighted by Crippen LogP contribution is -2.27. The van der Waals surface area contributed by atoms with Crippen molar-refractivity contribution in [3.63, 3.8) is 0 Å². The summed E-state index contributed by atoms with van der Waals surface area (Å²) < 4.78 is 7.44. The van der Waals surface area contributed by atoms with Crippen LogP contribution >= 0.6 is 0 Å². The molecular weight excluding hydrogens is 366 g/mol. The summed E-state index contributed by atoms with van der Waals surface area (Å²) in [4.78, 5) is 6.66. The summed E-state index contributed by atoms with van der Waals surface area (Å²) in [7, 11) is 3.84. The van der Waals surface area contributed by atoms with Crippen molar-refractivity contribution in [2.75, 3.05) is 32.2 Å². The normalized spacial score (nSPS) is 15.6. The van der Waals surface area contributed by atoms with Crippen molar-refractivity contribution in [3.8, 4) is 0 Å². The SMILES string of the molecule is COCCCn1c(Cc2n[nH]c(C)n2)nnc1N(C)CC1CCc2ccccc21. The van der Waals surface area contributed by atoms with Gasteiger partial charge in [0.05, 0.1) is 6.42 Å². The lowest BCUT2D eigenvalue weighted by molar-refractivity contribution is 0.190. The summed E-state index contributed by atoms with van der Waals surface area (Å²) in [5.74, 6) is 3.85. The molecule has 0 saturated carbocycles. The maximum Gasteiger partial charge on any atom is 0.227 e. The number of nitrogens with one attached hydrogen (secondary N) is 1. The molecule has 0 spiro atoms. The number of rotatable bonds is 9. The first-order chi connectivity index (χ1) is 14.2. The van der Waals surface area contributed by atoms with Crippen molar-refractivity contribution in [2.24, 2.45) is 0 Å². The monoisotopic (exact) mass is 395 g/mol. The average Bonchev–Trinajstić information content (AvgIpc) is 3.42. The number of ether oxygens (including phenoxy) is 1. The highest BCUT2D eigenvalue weighted by Gasteiger charge is 2.25. The molecule has 2 aromatic heterocycles. The van der Waals surface area contributed by atoms with E-state index in [0.29, 0.717) is 18.9 Å². The molecule has 1 N–H and O–H groups in total. The third-order valence-electron chi connectivity index (χ3n) is 5.59. The van der Waals surface area contributed by atoms with Gasteiger partial charge in [0.15, 0.2) is 5.82 Å². The second-order valence-corrected chi connectivity index (χ2v) is 7.74. The fourth-order valence-electron chi connectivity index (χ4n) is 4.19. The third-order valence-corrected chi connectivity index (χ3v) is 5.59. The van der Waals surface area contributed by atoms with E-state index in [9.17, 15) is 0 Å². The first-order valence-electron chi connectivity index (χ1n) is 10.2. The van der Waals surface area contributed by atoms with Crippen LogP contribution in [0.4, 0.5) is 5.95 Å². The Morgan fingerprint density at radius 3 is 2.93 bits per heavy atom. The molecule has 8 heteroatoms. The molecule has 0 aliphatic heterocycles. The van der Waals surface area contributed by atoms with E-state index in [2.05, 4.69) is 66.2 Å². The Kier molecular flexibility index (Phi) is 5.89. The average molecular weight is 396 g/mol. The van der Waals surface area contributed by atoms with Gasteiger partial charge in [-0.25, -0.2) is 4.98 Å². The predicted octanol–water partition coefficient (Wildman–Crippen LogP) is 2.50. The van der Waals surface area contributed by atoms with Gasteiger partial charge in [-0.05, 0) is 37.3 Å². The molecule has 1 aliphatic carbocycles. The largest absolute Gasteiger partial charge is 0.385 e. The minimum absolute atomic E-state index is 0.527. The molecule has 0 radical (unpaired) electrons. The van der Waals surface area contributed by atoms with E-state index < -0.39 is 0 Å². The number of aryl methyl sites for hydroxylation is 2. The molecule has 1 unspecified atom stereocenters. The summed E-state index contributed by atoms with van der Waals surface area (Å²) in [6, 6.07) is 8.79. The van der Waals surface area contributed by atoms with Gasteiger partial charge in [0, 0.05) is 39.8 Å². The van der Waals surface area contributed by atoms with Crippen LogP contribution in [0.25, 0.3) is 0 Å². The fraction of sp³-hybridized carbons (Fsp3) is 0.524. The van der Waals surface area contributed by atoms with E-state index in [1.807, 2.05) is 6.92 Å². The van der Waals surface area contributed by atoms with Gasteiger partial charge in [-0.15, -0.1) is 10.2 Å². The number of hydrogen-bond donors (Lipinski definition) is 1. The van der Waals surface area contributed by atoms with Crippen LogP contribution in [0.2, 0.25) is 0 Å². The van der Waals surface area contributed by atoms with Crippen molar-refractivity contribution >= 4 is 5.95 Å². The van der Waals surface area contributed by atoms with Gasteiger partial charge in [0.25, 0.3) is 0 Å². The Morgan fingerprint density at radius 1 is 1.28 bits per heavy atom. The summed E-state index contributed by atoms with van der Waals surface area (Å²) in [5, 5.41) is 16.2. The van der Waals surface area contributed by atoms with Crippen molar-refractivity contribution in [1.82, 2.24) is 29.9 Å². The van der Waals surface area contributed by atoms with E-state index >= 15 is 0 Å². The molecule has 154 valence electrons. The highest BCUT2D eigenvalue weighted by atomic mass is 16.5. The smallest absolute Gasteiger partial charge is 0.227 e. The molecule has 0 fully saturated rings. The predicted molar refractivity (Wildman–Crippen MR) is 111 cm³/mol. The third kappa shape index (κ3) is 4.32. The highest BCUT2D eigenvalue weighted by Crippen LogP contribution is 2.34. The van der Waals surface area contributed by atoms with Gasteiger partial charge in [0.1, 0.15) is 11.6 Å². The van der Waals surface area contributed by atoms with Gasteiger partial charge in [-0.2, -0.15) is 5.10 Å². The molecule has 29 heavy (non-hydrogen) atoms. The zero-order valence-corrected chi connectivity index (χ0v) is 17.4.